The van der Waals surface area contributed by atoms with Gasteiger partial charge >= 0.3 is 11.9 Å². The summed E-state index contributed by atoms with van der Waals surface area (Å²) in [6.45, 7) is 4.94. The molecule has 276 valence electrons. The molecule has 53 heavy (non-hydrogen) atoms. The van der Waals surface area contributed by atoms with Gasteiger partial charge in [0, 0.05) is 17.1 Å². The molecule has 0 radical (unpaired) electrons. The van der Waals surface area contributed by atoms with Crippen molar-refractivity contribution in [2.75, 3.05) is 13.2 Å². The maximum atomic E-state index is 12.2. The minimum atomic E-state index is -0.497. The molecule has 11 heteroatoms. The summed E-state index contributed by atoms with van der Waals surface area (Å²) < 4.78 is 31.8. The Kier molecular flexibility index (Phi) is 14.7. The minimum absolute atomic E-state index is 0. The quantitative estimate of drug-likeness (QED) is 0.0520. The van der Waals surface area contributed by atoms with Crippen molar-refractivity contribution in [1.82, 2.24) is 0 Å². The van der Waals surface area contributed by atoms with Gasteiger partial charge in [-0.05, 0) is 111 Å². The van der Waals surface area contributed by atoms with Crippen molar-refractivity contribution in [2.45, 2.75) is 13.8 Å². The molecule has 0 N–H and O–H groups in total. The van der Waals surface area contributed by atoms with Crippen LogP contribution in [-0.4, -0.2) is 37.1 Å². The topological polar surface area (TPSA) is 124 Å². The number of hydrogen-bond donors (Lipinski definition) is 0. The monoisotopic (exact) mass is 754 g/mol. The van der Waals surface area contributed by atoms with Crippen molar-refractivity contribution in [2.24, 2.45) is 0 Å². The Bertz CT molecular complexity index is 1880. The van der Waals surface area contributed by atoms with Gasteiger partial charge in [-0.2, -0.15) is 12.1 Å². The average molecular weight is 755 g/mol. The third-order valence-electron chi connectivity index (χ3n) is 7.09. The van der Waals surface area contributed by atoms with Crippen molar-refractivity contribution in [3.63, 3.8) is 0 Å². The van der Waals surface area contributed by atoms with E-state index in [0.717, 1.165) is 0 Å². The molecule has 0 unspecified atom stereocenters. The Balaban J connectivity index is 0.000000232. The van der Waals surface area contributed by atoms with E-state index in [2.05, 4.69) is 0 Å². The summed E-state index contributed by atoms with van der Waals surface area (Å²) in [7, 11) is 0. The summed E-state index contributed by atoms with van der Waals surface area (Å²) in [6.07, 6.45) is 0. The van der Waals surface area contributed by atoms with Crippen LogP contribution in [0, 0.1) is 0 Å². The number of benzene rings is 4. The van der Waals surface area contributed by atoms with Crippen LogP contribution >= 0.6 is 0 Å². The van der Waals surface area contributed by atoms with E-state index in [0.29, 0.717) is 70.0 Å². The molecule has 0 bridgehead atoms. The molecule has 0 fully saturated rings. The molecule has 0 spiro atoms. The molecule has 10 nitrogen and oxygen atoms in total. The molecule has 0 saturated heterocycles. The van der Waals surface area contributed by atoms with Gasteiger partial charge in [0.05, 0.1) is 30.1 Å². The molecule has 0 aliphatic rings. The smallest absolute Gasteiger partial charge is 0.343 e. The number of ether oxygens (including phenoxy) is 6. The molecular weight excluding hydrogens is 720 g/mol. The first-order valence-corrected chi connectivity index (χ1v) is 16.3. The maximum absolute atomic E-state index is 12.2. The zero-order valence-corrected chi connectivity index (χ0v) is 29.8. The van der Waals surface area contributed by atoms with E-state index in [9.17, 15) is 19.2 Å². The van der Waals surface area contributed by atoms with Gasteiger partial charge in [-0.3, -0.25) is 4.79 Å². The van der Waals surface area contributed by atoms with E-state index < -0.39 is 23.9 Å². The fraction of sp³-hybridized carbons (Fsp3) is 0.0952. The van der Waals surface area contributed by atoms with Crippen LogP contribution in [0.3, 0.4) is 0 Å². The largest absolute Gasteiger partial charge is 0.680 e. The number of carbonyl (C=O) groups is 4. The van der Waals surface area contributed by atoms with Gasteiger partial charge in [-0.15, -0.1) is 0 Å². The van der Waals surface area contributed by atoms with Crippen LogP contribution in [0.15, 0.2) is 146 Å². The van der Waals surface area contributed by atoms with Gasteiger partial charge < -0.3 is 63.0 Å². The molecule has 0 heterocycles. The molecule has 6 rings (SSSR count). The maximum Gasteiger partial charge on any atom is 0.343 e. The summed E-state index contributed by atoms with van der Waals surface area (Å²) in [5.41, 5.74) is 1.66. The molecule has 0 saturated carbocycles. The van der Waals surface area contributed by atoms with E-state index in [1.807, 2.05) is 13.8 Å². The van der Waals surface area contributed by atoms with Crippen LogP contribution in [-0.2, 0) is 17.1 Å². The Morgan fingerprint density at radius 2 is 0.830 bits per heavy atom. The second-order valence-corrected chi connectivity index (χ2v) is 10.8. The first-order chi connectivity index (χ1) is 25.3. The molecule has 0 atom stereocenters. The first-order valence-electron chi connectivity index (χ1n) is 16.3. The van der Waals surface area contributed by atoms with Crippen LogP contribution in [0.2, 0.25) is 0 Å². The number of rotatable bonds is 12. The predicted molar refractivity (Wildman–Crippen MR) is 192 cm³/mol. The van der Waals surface area contributed by atoms with Crippen molar-refractivity contribution >= 4 is 23.9 Å². The summed E-state index contributed by atoms with van der Waals surface area (Å²) in [5, 5.41) is 0. The fourth-order valence-electron chi connectivity index (χ4n) is 4.54. The Hall–Kier alpha value is -6.42. The molecular formula is C42H34FeO10-6. The molecule has 6 aromatic carbocycles. The predicted octanol–water partition coefficient (Wildman–Crippen LogP) is 8.48. The Labute approximate surface area is 317 Å². The van der Waals surface area contributed by atoms with Crippen LogP contribution in [0.25, 0.3) is 0 Å². The average Bonchev–Trinajstić information content (AvgIpc) is 3.91. The van der Waals surface area contributed by atoms with Gasteiger partial charge in [0.15, 0.2) is 0 Å². The van der Waals surface area contributed by atoms with Crippen molar-refractivity contribution in [1.29, 1.82) is 0 Å². The molecule has 6 aromatic rings. The third kappa shape index (κ3) is 11.8. The Morgan fingerprint density at radius 3 is 1.23 bits per heavy atom. The van der Waals surface area contributed by atoms with E-state index in [1.54, 1.807) is 146 Å². The van der Waals surface area contributed by atoms with Gasteiger partial charge in [0.2, 0.25) is 0 Å². The van der Waals surface area contributed by atoms with Gasteiger partial charge in [0.25, 0.3) is 5.97 Å². The van der Waals surface area contributed by atoms with Crippen LogP contribution < -0.4 is 28.4 Å². The van der Waals surface area contributed by atoms with Crippen LogP contribution in [0.5, 0.6) is 34.5 Å². The first kappa shape index (κ1) is 39.4. The van der Waals surface area contributed by atoms with E-state index in [-0.39, 0.29) is 17.1 Å². The molecule has 0 amide bonds. The van der Waals surface area contributed by atoms with E-state index in [4.69, 9.17) is 28.4 Å². The number of hydrogen-bond acceptors (Lipinski definition) is 10. The molecule has 0 aliphatic heterocycles. The SMILES string of the molecule is CCOc1ccc(OC(=O)c2ccc(OC(=O)[c-]3[cH-][cH-][cH-][cH-]3)cc2)cc1.CCOc1ccc(OC(=O)c2ccc(OC(=O)[c-]3cccc3)cc2)cc1.[Fe]. The summed E-state index contributed by atoms with van der Waals surface area (Å²) >= 11 is 0. The summed E-state index contributed by atoms with van der Waals surface area (Å²) in [6, 6.07) is 39.7. The third-order valence-corrected chi connectivity index (χ3v) is 7.09. The molecule has 0 aromatic heterocycles. The minimum Gasteiger partial charge on any atom is -0.680 e. The summed E-state index contributed by atoms with van der Waals surface area (Å²) in [4.78, 5) is 48.1. The van der Waals surface area contributed by atoms with E-state index >= 15 is 0 Å². The molecule has 0 aliphatic carbocycles. The van der Waals surface area contributed by atoms with Crippen LogP contribution in [0.4, 0.5) is 0 Å². The summed E-state index contributed by atoms with van der Waals surface area (Å²) in [5.74, 6) is 1.09. The number of carbonyl (C=O) groups excluding carboxylic acids is 4. The van der Waals surface area contributed by atoms with Crippen LogP contribution in [0.1, 0.15) is 55.3 Å². The van der Waals surface area contributed by atoms with Gasteiger partial charge in [-0.25, -0.2) is 21.7 Å². The van der Waals surface area contributed by atoms with Crippen molar-refractivity contribution in [3.05, 3.63) is 168 Å². The van der Waals surface area contributed by atoms with Gasteiger partial charge in [-0.1, -0.05) is 11.5 Å². The zero-order chi connectivity index (χ0) is 36.7. The van der Waals surface area contributed by atoms with E-state index in [1.165, 1.54) is 0 Å². The fourth-order valence-corrected chi connectivity index (χ4v) is 4.54. The van der Waals surface area contributed by atoms with Crippen molar-refractivity contribution in [3.8, 4) is 34.5 Å². The van der Waals surface area contributed by atoms with Gasteiger partial charge in [0.1, 0.15) is 28.7 Å². The Morgan fingerprint density at radius 1 is 0.491 bits per heavy atom. The zero-order valence-electron chi connectivity index (χ0n) is 28.7. The normalized spacial score (nSPS) is 10.0. The standard InChI is InChI=1S/2C21H17O5.Fe/c2*1-2-24-17-11-13-19(14-12-17)26-21(23)16-7-9-18(10-8-16)25-20(22)15-5-3-4-6-15;/h2*3-14H,2H2,1H3;/q-5;-1;. The number of esters is 4. The second kappa shape index (κ2) is 19.8. The second-order valence-electron chi connectivity index (χ2n) is 10.8. The van der Waals surface area contributed by atoms with Crippen molar-refractivity contribution < 1.29 is 64.7 Å².